The van der Waals surface area contributed by atoms with Crippen LogP contribution in [0.3, 0.4) is 0 Å². The van der Waals surface area contributed by atoms with Gasteiger partial charge in [-0.25, -0.2) is 0 Å². The van der Waals surface area contributed by atoms with Gasteiger partial charge in [0.25, 0.3) is 0 Å². The van der Waals surface area contributed by atoms with Gasteiger partial charge < -0.3 is 25.6 Å². The lowest BCUT2D eigenvalue weighted by molar-refractivity contribution is 0.00398. The fraction of sp³-hybridized carbons (Fsp3) is 1.00. The molecule has 0 rings (SSSR count). The molecular formula is C12H28N2O3. The first-order valence-electron chi connectivity index (χ1n) is 6.55. The van der Waals surface area contributed by atoms with E-state index in [-0.39, 0.29) is 0 Å². The molecule has 0 aromatic carbocycles. The zero-order valence-electron chi connectivity index (χ0n) is 11.0. The molecule has 0 aliphatic rings. The molecule has 17 heavy (non-hydrogen) atoms. The summed E-state index contributed by atoms with van der Waals surface area (Å²) in [6.45, 7) is 6.50. The Morgan fingerprint density at radius 2 is 1.94 bits per heavy atom. The molecule has 1 unspecified atom stereocenters. The predicted octanol–water partition coefficient (Wildman–Crippen LogP) is 0.119. The average molecular weight is 248 g/mol. The van der Waals surface area contributed by atoms with Crippen molar-refractivity contribution < 1.29 is 14.6 Å². The van der Waals surface area contributed by atoms with Crippen LogP contribution in [0.15, 0.2) is 0 Å². The lowest BCUT2D eigenvalue weighted by atomic mass is 10.3. The second kappa shape index (κ2) is 13.9. The van der Waals surface area contributed by atoms with E-state index in [1.165, 1.54) is 0 Å². The normalized spacial score (nSPS) is 12.9. The van der Waals surface area contributed by atoms with Crippen LogP contribution in [0.5, 0.6) is 0 Å². The van der Waals surface area contributed by atoms with Crippen LogP contribution < -0.4 is 11.1 Å². The number of aliphatic hydroxyl groups is 1. The molecule has 1 atom stereocenters. The summed E-state index contributed by atoms with van der Waals surface area (Å²) in [5.41, 5.74) is 5.35. The van der Waals surface area contributed by atoms with Crippen LogP contribution in [0.1, 0.15) is 26.2 Å². The molecule has 0 aliphatic heterocycles. The maximum Gasteiger partial charge on any atom is 0.0897 e. The first-order chi connectivity index (χ1) is 8.31. The van der Waals surface area contributed by atoms with E-state index in [2.05, 4.69) is 12.2 Å². The SMILES string of the molecule is CCCCOCCOCC(O)CNCCCN. The van der Waals surface area contributed by atoms with Gasteiger partial charge in [0, 0.05) is 13.2 Å². The number of nitrogens with two attached hydrogens (primary N) is 1. The van der Waals surface area contributed by atoms with Gasteiger partial charge in [0.15, 0.2) is 0 Å². The van der Waals surface area contributed by atoms with Crippen molar-refractivity contribution in [2.45, 2.75) is 32.3 Å². The Balaban J connectivity index is 3.08. The van der Waals surface area contributed by atoms with E-state index in [0.717, 1.165) is 32.4 Å². The molecular weight excluding hydrogens is 220 g/mol. The minimum Gasteiger partial charge on any atom is -0.389 e. The largest absolute Gasteiger partial charge is 0.389 e. The molecule has 0 aromatic heterocycles. The Kier molecular flexibility index (Phi) is 13.7. The van der Waals surface area contributed by atoms with Gasteiger partial charge in [0.1, 0.15) is 0 Å². The molecule has 0 spiro atoms. The molecule has 0 aliphatic carbocycles. The molecule has 0 saturated heterocycles. The van der Waals surface area contributed by atoms with E-state index < -0.39 is 6.10 Å². The van der Waals surface area contributed by atoms with Crippen molar-refractivity contribution in [3.8, 4) is 0 Å². The molecule has 0 saturated carbocycles. The van der Waals surface area contributed by atoms with Crippen molar-refractivity contribution >= 4 is 0 Å². The van der Waals surface area contributed by atoms with Crippen molar-refractivity contribution in [1.29, 1.82) is 0 Å². The van der Waals surface area contributed by atoms with Crippen molar-refractivity contribution in [2.24, 2.45) is 5.73 Å². The standard InChI is InChI=1S/C12H28N2O3/c1-2-3-7-16-8-9-17-11-12(15)10-14-6-4-5-13/h12,14-15H,2-11,13H2,1H3. The van der Waals surface area contributed by atoms with Gasteiger partial charge in [-0.15, -0.1) is 0 Å². The first-order valence-corrected chi connectivity index (χ1v) is 6.55. The number of hydrogen-bond acceptors (Lipinski definition) is 5. The first kappa shape index (κ1) is 16.8. The highest BCUT2D eigenvalue weighted by Crippen LogP contribution is 1.89. The number of nitrogens with one attached hydrogen (secondary N) is 1. The zero-order chi connectivity index (χ0) is 12.8. The summed E-state index contributed by atoms with van der Waals surface area (Å²) >= 11 is 0. The topological polar surface area (TPSA) is 76.7 Å². The van der Waals surface area contributed by atoms with Crippen molar-refractivity contribution in [2.75, 3.05) is 46.1 Å². The monoisotopic (exact) mass is 248 g/mol. The molecule has 0 heterocycles. The van der Waals surface area contributed by atoms with Gasteiger partial charge in [-0.2, -0.15) is 0 Å². The van der Waals surface area contributed by atoms with Crippen LogP contribution in [-0.4, -0.2) is 57.3 Å². The smallest absolute Gasteiger partial charge is 0.0897 e. The molecule has 0 fully saturated rings. The Bertz CT molecular complexity index is 148. The lowest BCUT2D eigenvalue weighted by Crippen LogP contribution is -2.32. The molecule has 0 bridgehead atoms. The summed E-state index contributed by atoms with van der Waals surface area (Å²) in [5.74, 6) is 0. The van der Waals surface area contributed by atoms with E-state index in [4.69, 9.17) is 15.2 Å². The Labute approximate surface area is 105 Å². The van der Waals surface area contributed by atoms with Crippen molar-refractivity contribution in [3.05, 3.63) is 0 Å². The predicted molar refractivity (Wildman–Crippen MR) is 69.1 cm³/mol. The van der Waals surface area contributed by atoms with Crippen LogP contribution in [0.4, 0.5) is 0 Å². The third-order valence-corrected chi connectivity index (χ3v) is 2.26. The van der Waals surface area contributed by atoms with Gasteiger partial charge in [0.05, 0.1) is 25.9 Å². The highest BCUT2D eigenvalue weighted by atomic mass is 16.5. The average Bonchev–Trinajstić information content (AvgIpc) is 2.33. The minimum absolute atomic E-state index is 0.354. The molecule has 0 amide bonds. The number of unbranched alkanes of at least 4 members (excludes halogenated alkanes) is 1. The number of ether oxygens (including phenoxy) is 2. The summed E-state index contributed by atoms with van der Waals surface area (Å²) in [4.78, 5) is 0. The molecule has 5 heteroatoms. The van der Waals surface area contributed by atoms with Gasteiger partial charge in [-0.3, -0.25) is 0 Å². The van der Waals surface area contributed by atoms with Gasteiger partial charge in [-0.1, -0.05) is 13.3 Å². The Morgan fingerprint density at radius 1 is 1.18 bits per heavy atom. The van der Waals surface area contributed by atoms with Crippen LogP contribution >= 0.6 is 0 Å². The number of hydrogen-bond donors (Lipinski definition) is 3. The second-order valence-electron chi connectivity index (χ2n) is 4.04. The van der Waals surface area contributed by atoms with E-state index in [1.807, 2.05) is 0 Å². The summed E-state index contributed by atoms with van der Waals surface area (Å²) in [5, 5.41) is 12.6. The van der Waals surface area contributed by atoms with E-state index >= 15 is 0 Å². The molecule has 4 N–H and O–H groups in total. The Morgan fingerprint density at radius 3 is 2.65 bits per heavy atom. The summed E-state index contributed by atoms with van der Waals surface area (Å²) < 4.78 is 10.6. The van der Waals surface area contributed by atoms with Crippen molar-refractivity contribution in [1.82, 2.24) is 5.32 Å². The molecule has 5 nitrogen and oxygen atoms in total. The van der Waals surface area contributed by atoms with Crippen LogP contribution in [0, 0.1) is 0 Å². The van der Waals surface area contributed by atoms with E-state index in [1.54, 1.807) is 0 Å². The highest BCUT2D eigenvalue weighted by molar-refractivity contribution is 4.58. The fourth-order valence-electron chi connectivity index (χ4n) is 1.24. The molecule has 0 aromatic rings. The summed E-state index contributed by atoms with van der Waals surface area (Å²) in [7, 11) is 0. The van der Waals surface area contributed by atoms with Crippen molar-refractivity contribution in [3.63, 3.8) is 0 Å². The summed E-state index contributed by atoms with van der Waals surface area (Å²) in [6, 6.07) is 0. The maximum atomic E-state index is 9.53. The number of rotatable bonds is 13. The third-order valence-electron chi connectivity index (χ3n) is 2.26. The van der Waals surface area contributed by atoms with Gasteiger partial charge in [-0.05, 0) is 25.9 Å². The van der Waals surface area contributed by atoms with Crippen LogP contribution in [0.2, 0.25) is 0 Å². The zero-order valence-corrected chi connectivity index (χ0v) is 11.0. The second-order valence-corrected chi connectivity index (χ2v) is 4.04. The lowest BCUT2D eigenvalue weighted by Gasteiger charge is -2.12. The Hall–Kier alpha value is -0.200. The minimum atomic E-state index is -0.455. The summed E-state index contributed by atoms with van der Waals surface area (Å²) in [6.07, 6.45) is 2.71. The third kappa shape index (κ3) is 13.7. The maximum absolute atomic E-state index is 9.53. The molecule has 0 radical (unpaired) electrons. The van der Waals surface area contributed by atoms with Gasteiger partial charge in [0.2, 0.25) is 0 Å². The molecule has 104 valence electrons. The number of aliphatic hydroxyl groups excluding tert-OH is 1. The van der Waals surface area contributed by atoms with Crippen LogP contribution in [-0.2, 0) is 9.47 Å². The van der Waals surface area contributed by atoms with Crippen LogP contribution in [0.25, 0.3) is 0 Å². The van der Waals surface area contributed by atoms with E-state index in [9.17, 15) is 5.11 Å². The fourth-order valence-corrected chi connectivity index (χ4v) is 1.24. The quantitative estimate of drug-likeness (QED) is 0.404. The van der Waals surface area contributed by atoms with Gasteiger partial charge >= 0.3 is 0 Å². The van der Waals surface area contributed by atoms with E-state index in [0.29, 0.717) is 32.9 Å². The highest BCUT2D eigenvalue weighted by Gasteiger charge is 2.02.